The molecule has 2 N–H and O–H groups in total. The molecule has 1 aromatic carbocycles. The van der Waals surface area contributed by atoms with E-state index in [0.29, 0.717) is 27.9 Å². The first-order valence-corrected chi connectivity index (χ1v) is 12.1. The van der Waals surface area contributed by atoms with Crippen LogP contribution < -0.4 is 5.32 Å². The molecule has 0 aliphatic heterocycles. The van der Waals surface area contributed by atoms with E-state index in [1.165, 1.54) is 23.1 Å². The molecule has 4 aromatic rings. The number of amides is 1. The minimum atomic E-state index is -0.368. The Bertz CT molecular complexity index is 1240. The Balaban J connectivity index is 1.38. The van der Waals surface area contributed by atoms with Crippen molar-refractivity contribution in [1.29, 1.82) is 0 Å². The van der Waals surface area contributed by atoms with Gasteiger partial charge in [0.15, 0.2) is 10.8 Å². The number of rotatable bonds is 6. The predicted molar refractivity (Wildman–Crippen MR) is 122 cm³/mol. The lowest BCUT2D eigenvalue weighted by Crippen LogP contribution is -2.24. The lowest BCUT2D eigenvalue weighted by Gasteiger charge is -2.12. The average Bonchev–Trinajstić information content (AvgIpc) is 3.34. The van der Waals surface area contributed by atoms with Gasteiger partial charge in [-0.05, 0) is 38.2 Å². The number of nitrogens with one attached hydrogen (secondary N) is 1. The number of nitrogens with zero attached hydrogens (tertiary/aromatic N) is 5. The third-order valence-electron chi connectivity index (χ3n) is 5.48. The quantitative estimate of drug-likeness (QED) is 0.427. The number of para-hydroxylation sites is 1. The maximum Gasteiger partial charge on any atom is 0.239 e. The molecule has 8 nitrogen and oxygen atoms in total. The molecule has 0 radical (unpaired) electrons. The number of aliphatic hydroxyl groups excluding tert-OH is 1. The Kier molecular flexibility index (Phi) is 5.59. The number of aryl methyl sites for hydroxylation is 2. The number of carbonyl (C=O) groups excluding carboxylic acids is 1. The monoisotopic (exact) mass is 454 g/mol. The second-order valence-corrected chi connectivity index (χ2v) is 9.71. The van der Waals surface area contributed by atoms with Crippen molar-refractivity contribution in [2.75, 3.05) is 5.32 Å². The first-order chi connectivity index (χ1) is 15.2. The number of benzene rings is 1. The summed E-state index contributed by atoms with van der Waals surface area (Å²) in [7, 11) is 0. The van der Waals surface area contributed by atoms with Crippen LogP contribution in [0.4, 0.5) is 5.13 Å². The second-order valence-electron chi connectivity index (χ2n) is 7.45. The van der Waals surface area contributed by atoms with Gasteiger partial charge in [-0.2, -0.15) is 0 Å². The Morgan fingerprint density at radius 1 is 1.26 bits per heavy atom. The summed E-state index contributed by atoms with van der Waals surface area (Å²) in [5.74, 6) is -0.106. The van der Waals surface area contributed by atoms with Gasteiger partial charge in [-0.3, -0.25) is 4.79 Å². The second kappa shape index (κ2) is 8.52. The summed E-state index contributed by atoms with van der Waals surface area (Å²) in [6.45, 7) is 1.75. The van der Waals surface area contributed by atoms with Gasteiger partial charge in [-0.25, -0.2) is 9.97 Å². The molecule has 1 aliphatic carbocycles. The maximum atomic E-state index is 12.9. The molecule has 10 heteroatoms. The molecule has 0 saturated carbocycles. The minimum Gasteiger partial charge on any atom is -0.376 e. The van der Waals surface area contributed by atoms with Gasteiger partial charge in [0.2, 0.25) is 11.1 Å². The molecule has 3 aromatic heterocycles. The molecule has 0 spiro atoms. The van der Waals surface area contributed by atoms with Crippen LogP contribution in [0.3, 0.4) is 0 Å². The first-order valence-electron chi connectivity index (χ1n) is 10.4. The van der Waals surface area contributed by atoms with Crippen LogP contribution >= 0.6 is 23.1 Å². The summed E-state index contributed by atoms with van der Waals surface area (Å²) < 4.78 is 1.70. The molecule has 1 atom stereocenters. The van der Waals surface area contributed by atoms with E-state index in [4.69, 9.17) is 0 Å². The van der Waals surface area contributed by atoms with Crippen LogP contribution in [0.5, 0.6) is 0 Å². The highest BCUT2D eigenvalue weighted by Crippen LogP contribution is 2.32. The molecule has 5 rings (SSSR count). The molecular weight excluding hydrogens is 432 g/mol. The summed E-state index contributed by atoms with van der Waals surface area (Å²) in [5, 5.41) is 23.0. The number of hydrogen-bond donors (Lipinski definition) is 2. The third kappa shape index (κ3) is 3.79. The molecule has 1 aliphatic rings. The van der Waals surface area contributed by atoms with Gasteiger partial charge >= 0.3 is 0 Å². The fraction of sp³-hybridized carbons (Fsp3) is 0.381. The van der Waals surface area contributed by atoms with Crippen molar-refractivity contribution in [2.24, 2.45) is 0 Å². The van der Waals surface area contributed by atoms with Crippen LogP contribution in [0.15, 0.2) is 29.4 Å². The van der Waals surface area contributed by atoms with Crippen molar-refractivity contribution in [3.05, 3.63) is 34.8 Å². The molecule has 3 heterocycles. The van der Waals surface area contributed by atoms with Crippen molar-refractivity contribution < 1.29 is 9.90 Å². The smallest absolute Gasteiger partial charge is 0.239 e. The van der Waals surface area contributed by atoms with Crippen LogP contribution in [0.25, 0.3) is 22.1 Å². The Hall–Kier alpha value is -2.56. The van der Waals surface area contributed by atoms with Crippen LogP contribution in [0.2, 0.25) is 0 Å². The number of thioether (sulfide) groups is 1. The van der Waals surface area contributed by atoms with Gasteiger partial charge in [0, 0.05) is 10.3 Å². The van der Waals surface area contributed by atoms with E-state index in [2.05, 4.69) is 25.5 Å². The average molecular weight is 455 g/mol. The topological polar surface area (TPSA) is 106 Å². The number of hydrogen-bond acceptors (Lipinski definition) is 8. The van der Waals surface area contributed by atoms with Gasteiger partial charge in [-0.1, -0.05) is 36.9 Å². The van der Waals surface area contributed by atoms with E-state index >= 15 is 0 Å². The maximum absolute atomic E-state index is 12.9. The lowest BCUT2D eigenvalue weighted by molar-refractivity contribution is -0.115. The standard InChI is InChI=1S/C21H22N6O2S2/c1-2-15(19(29)24-20-22-13-8-4-6-10-16(13)31-20)30-21-23-18-17(25-26-21)12-7-3-5-9-14(12)27(18)11-28/h3,5,7,9,15,28H,2,4,6,8,10-11H2,1H3,(H,22,24,29). The number of anilines is 1. The summed E-state index contributed by atoms with van der Waals surface area (Å²) in [6, 6.07) is 7.67. The first kappa shape index (κ1) is 20.3. The molecule has 31 heavy (non-hydrogen) atoms. The van der Waals surface area contributed by atoms with E-state index in [0.717, 1.165) is 35.9 Å². The number of thiazole rings is 1. The van der Waals surface area contributed by atoms with Crippen LogP contribution in [0.1, 0.15) is 36.8 Å². The van der Waals surface area contributed by atoms with E-state index in [-0.39, 0.29) is 17.9 Å². The Morgan fingerprint density at radius 2 is 2.10 bits per heavy atom. The van der Waals surface area contributed by atoms with Gasteiger partial charge in [0.05, 0.1) is 16.5 Å². The van der Waals surface area contributed by atoms with Crippen LogP contribution in [-0.2, 0) is 24.4 Å². The third-order valence-corrected chi connectivity index (χ3v) is 7.77. The van der Waals surface area contributed by atoms with E-state index < -0.39 is 0 Å². The predicted octanol–water partition coefficient (Wildman–Crippen LogP) is 3.77. The number of carbonyl (C=O) groups is 1. The summed E-state index contributed by atoms with van der Waals surface area (Å²) in [5.41, 5.74) is 3.17. The number of aliphatic hydroxyl groups is 1. The van der Waals surface area contributed by atoms with E-state index in [1.807, 2.05) is 31.2 Å². The van der Waals surface area contributed by atoms with E-state index in [1.54, 1.807) is 15.9 Å². The SMILES string of the molecule is CCC(Sc1nnc2c3ccccc3n(CO)c2n1)C(=O)Nc1nc2c(s1)CCCC2. The fourth-order valence-electron chi connectivity index (χ4n) is 3.92. The Labute approximate surface area is 187 Å². The minimum absolute atomic E-state index is 0.106. The van der Waals surface area contributed by atoms with Crippen molar-refractivity contribution in [3.8, 4) is 0 Å². The number of aromatic nitrogens is 5. The zero-order valence-corrected chi connectivity index (χ0v) is 18.7. The van der Waals surface area contributed by atoms with Crippen molar-refractivity contribution in [2.45, 2.75) is 56.2 Å². The molecule has 160 valence electrons. The van der Waals surface area contributed by atoms with Crippen LogP contribution in [-0.4, -0.2) is 41.0 Å². The highest BCUT2D eigenvalue weighted by atomic mass is 32.2. The van der Waals surface area contributed by atoms with Gasteiger partial charge in [0.1, 0.15) is 12.2 Å². The van der Waals surface area contributed by atoms with E-state index in [9.17, 15) is 9.90 Å². The normalized spacial score (nSPS) is 14.6. The highest BCUT2D eigenvalue weighted by molar-refractivity contribution is 8.00. The zero-order valence-electron chi connectivity index (χ0n) is 17.0. The molecule has 0 fully saturated rings. The summed E-state index contributed by atoms with van der Waals surface area (Å²) >= 11 is 2.86. The van der Waals surface area contributed by atoms with Crippen molar-refractivity contribution >= 4 is 56.2 Å². The fourth-order valence-corrected chi connectivity index (χ4v) is 5.79. The highest BCUT2D eigenvalue weighted by Gasteiger charge is 2.23. The van der Waals surface area contributed by atoms with Crippen LogP contribution in [0, 0.1) is 0 Å². The van der Waals surface area contributed by atoms with Crippen molar-refractivity contribution in [3.63, 3.8) is 0 Å². The summed E-state index contributed by atoms with van der Waals surface area (Å²) in [4.78, 5) is 23.4. The van der Waals surface area contributed by atoms with Gasteiger partial charge in [-0.15, -0.1) is 21.5 Å². The van der Waals surface area contributed by atoms with Gasteiger partial charge in [0.25, 0.3) is 0 Å². The lowest BCUT2D eigenvalue weighted by atomic mass is 10.0. The van der Waals surface area contributed by atoms with Gasteiger partial charge < -0.3 is 15.0 Å². The molecule has 1 amide bonds. The summed E-state index contributed by atoms with van der Waals surface area (Å²) in [6.07, 6.45) is 5.01. The largest absolute Gasteiger partial charge is 0.376 e. The van der Waals surface area contributed by atoms with Crippen molar-refractivity contribution in [1.82, 2.24) is 24.7 Å². The molecular formula is C21H22N6O2S2. The molecule has 0 bridgehead atoms. The number of fused-ring (bicyclic) bond motifs is 4. The Morgan fingerprint density at radius 3 is 2.90 bits per heavy atom. The molecule has 0 saturated heterocycles. The molecule has 1 unspecified atom stereocenters. The zero-order chi connectivity index (χ0) is 21.4.